The van der Waals surface area contributed by atoms with Crippen LogP contribution in [0, 0.1) is 6.92 Å². The second-order valence-electron chi connectivity index (χ2n) is 5.90. The summed E-state index contributed by atoms with van der Waals surface area (Å²) >= 11 is 0. The molecule has 0 aliphatic heterocycles. The number of anilines is 1. The molecule has 2 aromatic heterocycles. The van der Waals surface area contributed by atoms with Crippen molar-refractivity contribution in [1.29, 1.82) is 0 Å². The third-order valence-electron chi connectivity index (χ3n) is 3.88. The van der Waals surface area contributed by atoms with Crippen molar-refractivity contribution in [2.24, 2.45) is 0 Å². The normalized spacial score (nSPS) is 11.0. The predicted molar refractivity (Wildman–Crippen MR) is 92.2 cm³/mol. The molecule has 0 bridgehead atoms. The summed E-state index contributed by atoms with van der Waals surface area (Å²) in [6.45, 7) is 7.08. The van der Waals surface area contributed by atoms with E-state index in [0.717, 1.165) is 17.0 Å². The van der Waals surface area contributed by atoms with Crippen molar-refractivity contribution in [2.45, 2.75) is 33.2 Å². The third-order valence-corrected chi connectivity index (χ3v) is 3.88. The molecule has 0 fully saturated rings. The Kier molecular flexibility index (Phi) is 4.37. The van der Waals surface area contributed by atoms with E-state index < -0.39 is 0 Å². The van der Waals surface area contributed by atoms with Gasteiger partial charge in [0.15, 0.2) is 0 Å². The number of nitrogens with one attached hydrogen (secondary N) is 2. The maximum absolute atomic E-state index is 4.62. The molecule has 1 aromatic carbocycles. The number of hydrogen-bond acceptors (Lipinski definition) is 4. The van der Waals surface area contributed by atoms with Gasteiger partial charge in [0, 0.05) is 24.0 Å². The van der Waals surface area contributed by atoms with Gasteiger partial charge in [-0.2, -0.15) is 5.10 Å². The third kappa shape index (κ3) is 3.39. The molecule has 0 spiro atoms. The molecule has 5 nitrogen and oxygen atoms in total. The lowest BCUT2D eigenvalue weighted by atomic mass is 10.0. The highest BCUT2D eigenvalue weighted by atomic mass is 15.1. The van der Waals surface area contributed by atoms with Crippen LogP contribution in [-0.4, -0.2) is 20.2 Å². The van der Waals surface area contributed by atoms with Crippen LogP contribution in [0.3, 0.4) is 0 Å². The molecule has 0 unspecified atom stereocenters. The molecule has 5 heteroatoms. The molecular formula is C18H21N5. The quantitative estimate of drug-likeness (QED) is 0.750. The van der Waals surface area contributed by atoms with E-state index in [4.69, 9.17) is 0 Å². The lowest BCUT2D eigenvalue weighted by Crippen LogP contribution is -2.05. The van der Waals surface area contributed by atoms with Crippen LogP contribution in [0.5, 0.6) is 0 Å². The Labute approximate surface area is 136 Å². The fraction of sp³-hybridized carbons (Fsp3) is 0.278. The van der Waals surface area contributed by atoms with Crippen LogP contribution in [0.1, 0.15) is 36.6 Å². The van der Waals surface area contributed by atoms with Crippen LogP contribution in [0.15, 0.2) is 42.7 Å². The van der Waals surface area contributed by atoms with Crippen molar-refractivity contribution < 1.29 is 0 Å². The van der Waals surface area contributed by atoms with Crippen molar-refractivity contribution in [3.05, 3.63) is 59.5 Å². The first-order valence-electron chi connectivity index (χ1n) is 7.80. The first-order valence-corrected chi connectivity index (χ1v) is 7.80. The van der Waals surface area contributed by atoms with Crippen LogP contribution in [0.25, 0.3) is 11.3 Å². The summed E-state index contributed by atoms with van der Waals surface area (Å²) in [5.41, 5.74) is 5.50. The van der Waals surface area contributed by atoms with Crippen LogP contribution >= 0.6 is 0 Å². The molecule has 23 heavy (non-hydrogen) atoms. The summed E-state index contributed by atoms with van der Waals surface area (Å²) in [6, 6.07) is 10.2. The van der Waals surface area contributed by atoms with E-state index in [1.807, 2.05) is 24.4 Å². The van der Waals surface area contributed by atoms with E-state index in [-0.39, 0.29) is 0 Å². The molecule has 2 heterocycles. The number of aryl methyl sites for hydroxylation is 1. The van der Waals surface area contributed by atoms with Crippen molar-refractivity contribution in [2.75, 3.05) is 5.32 Å². The minimum atomic E-state index is 0.367. The molecule has 118 valence electrons. The topological polar surface area (TPSA) is 66.5 Å². The zero-order valence-electron chi connectivity index (χ0n) is 13.7. The average molecular weight is 307 g/mol. The Hall–Kier alpha value is -2.69. The van der Waals surface area contributed by atoms with Gasteiger partial charge in [0.2, 0.25) is 5.95 Å². The maximum atomic E-state index is 4.62. The lowest BCUT2D eigenvalue weighted by Gasteiger charge is -2.09. The van der Waals surface area contributed by atoms with E-state index in [2.05, 4.69) is 58.4 Å². The van der Waals surface area contributed by atoms with E-state index in [1.54, 1.807) is 6.20 Å². The highest BCUT2D eigenvalue weighted by molar-refractivity contribution is 5.62. The summed E-state index contributed by atoms with van der Waals surface area (Å²) in [6.07, 6.45) is 3.60. The summed E-state index contributed by atoms with van der Waals surface area (Å²) in [5.74, 6) is 0.993. The zero-order valence-corrected chi connectivity index (χ0v) is 13.7. The molecule has 0 atom stereocenters. The highest BCUT2D eigenvalue weighted by Crippen LogP contribution is 2.26. The molecule has 0 aliphatic rings. The summed E-state index contributed by atoms with van der Waals surface area (Å²) in [7, 11) is 0. The fourth-order valence-corrected chi connectivity index (χ4v) is 2.52. The van der Waals surface area contributed by atoms with Gasteiger partial charge in [-0.05, 0) is 30.0 Å². The Morgan fingerprint density at radius 3 is 2.78 bits per heavy atom. The lowest BCUT2D eigenvalue weighted by molar-refractivity contribution is 0.811. The largest absolute Gasteiger partial charge is 0.350 e. The van der Waals surface area contributed by atoms with Crippen LogP contribution in [-0.2, 0) is 6.54 Å². The standard InChI is InChI=1S/C18H21N5/c1-12(2)17-15(11-21-23-17)16-8-9-19-18(22-16)20-10-14-7-5-4-6-13(14)3/h4-9,11-12H,10H2,1-3H3,(H,21,23)(H,19,20,22). The van der Waals surface area contributed by atoms with Crippen LogP contribution in [0.4, 0.5) is 5.95 Å². The van der Waals surface area contributed by atoms with Gasteiger partial charge in [0.05, 0.1) is 11.9 Å². The molecule has 3 rings (SSSR count). The van der Waals surface area contributed by atoms with Gasteiger partial charge in [-0.25, -0.2) is 9.97 Å². The second kappa shape index (κ2) is 6.60. The SMILES string of the molecule is Cc1ccccc1CNc1nccc(-c2cn[nH]c2C(C)C)n1. The Bertz CT molecular complexity index is 791. The number of hydrogen-bond donors (Lipinski definition) is 2. The number of nitrogens with zero attached hydrogens (tertiary/aromatic N) is 3. The predicted octanol–water partition coefficient (Wildman–Crippen LogP) is 3.91. The monoisotopic (exact) mass is 307 g/mol. The van der Waals surface area contributed by atoms with Gasteiger partial charge in [0.1, 0.15) is 0 Å². The summed E-state index contributed by atoms with van der Waals surface area (Å²) in [4.78, 5) is 8.94. The first-order chi connectivity index (χ1) is 11.1. The summed E-state index contributed by atoms with van der Waals surface area (Å²) < 4.78 is 0. The first kappa shape index (κ1) is 15.2. The van der Waals surface area contributed by atoms with E-state index in [1.165, 1.54) is 11.1 Å². The number of aromatic nitrogens is 4. The Balaban J connectivity index is 1.80. The van der Waals surface area contributed by atoms with Crippen molar-refractivity contribution in [3.8, 4) is 11.3 Å². The fourth-order valence-electron chi connectivity index (χ4n) is 2.52. The van der Waals surface area contributed by atoms with Gasteiger partial charge >= 0.3 is 0 Å². The molecule has 2 N–H and O–H groups in total. The van der Waals surface area contributed by atoms with Crippen LogP contribution in [0.2, 0.25) is 0 Å². The Morgan fingerprint density at radius 1 is 1.17 bits per heavy atom. The second-order valence-corrected chi connectivity index (χ2v) is 5.90. The molecule has 3 aromatic rings. The van der Waals surface area contributed by atoms with Crippen LogP contribution < -0.4 is 5.32 Å². The Morgan fingerprint density at radius 2 is 2.00 bits per heavy atom. The maximum Gasteiger partial charge on any atom is 0.223 e. The average Bonchev–Trinajstić information content (AvgIpc) is 3.04. The van der Waals surface area contributed by atoms with Gasteiger partial charge in [-0.1, -0.05) is 38.1 Å². The molecule has 0 radical (unpaired) electrons. The molecular weight excluding hydrogens is 286 g/mol. The van der Waals surface area contributed by atoms with E-state index >= 15 is 0 Å². The summed E-state index contributed by atoms with van der Waals surface area (Å²) in [5, 5.41) is 10.5. The minimum Gasteiger partial charge on any atom is -0.350 e. The number of rotatable bonds is 5. The van der Waals surface area contributed by atoms with E-state index in [0.29, 0.717) is 18.4 Å². The van der Waals surface area contributed by atoms with Gasteiger partial charge in [-0.15, -0.1) is 0 Å². The van der Waals surface area contributed by atoms with Crippen molar-refractivity contribution in [1.82, 2.24) is 20.2 Å². The zero-order chi connectivity index (χ0) is 16.2. The highest BCUT2D eigenvalue weighted by Gasteiger charge is 2.12. The van der Waals surface area contributed by atoms with Gasteiger partial charge in [0.25, 0.3) is 0 Å². The van der Waals surface area contributed by atoms with Crippen molar-refractivity contribution in [3.63, 3.8) is 0 Å². The molecule has 0 saturated heterocycles. The molecule has 0 aliphatic carbocycles. The molecule has 0 amide bonds. The smallest absolute Gasteiger partial charge is 0.223 e. The number of benzene rings is 1. The number of H-pyrrole nitrogens is 1. The van der Waals surface area contributed by atoms with Gasteiger partial charge in [-0.3, -0.25) is 5.10 Å². The minimum absolute atomic E-state index is 0.367. The van der Waals surface area contributed by atoms with E-state index in [9.17, 15) is 0 Å². The number of aromatic amines is 1. The van der Waals surface area contributed by atoms with Crippen molar-refractivity contribution >= 4 is 5.95 Å². The molecule has 0 saturated carbocycles. The van der Waals surface area contributed by atoms with Gasteiger partial charge < -0.3 is 5.32 Å².